The van der Waals surface area contributed by atoms with Gasteiger partial charge in [0.2, 0.25) is 0 Å². The maximum absolute atomic E-state index is 13.2. The first kappa shape index (κ1) is 160. The highest BCUT2D eigenvalue weighted by Crippen LogP contribution is 2.61. The molecule has 139 heavy (non-hydrogen) atoms. The number of halogens is 30. The van der Waals surface area contributed by atoms with Crippen LogP contribution >= 0.6 is 0 Å². The molecule has 7 atom stereocenters. The van der Waals surface area contributed by atoms with Gasteiger partial charge in [0.05, 0.1) is 54.1 Å². The van der Waals surface area contributed by atoms with Gasteiger partial charge in [-0.2, -0.15) is 132 Å². The summed E-state index contributed by atoms with van der Waals surface area (Å²) in [5, 5.41) is 0. The van der Waals surface area contributed by atoms with E-state index < -0.39 is 127 Å². The lowest BCUT2D eigenvalue weighted by atomic mass is 9.60. The summed E-state index contributed by atoms with van der Waals surface area (Å²) in [5.74, 6) is -1.30. The van der Waals surface area contributed by atoms with Gasteiger partial charge in [0.1, 0.15) is 0 Å². The Bertz CT molecular complexity index is 2920. The van der Waals surface area contributed by atoms with Crippen LogP contribution in [0.1, 0.15) is 513 Å². The molecule has 7 unspecified atom stereocenters. The van der Waals surface area contributed by atoms with Crippen LogP contribution in [0.15, 0.2) is 0 Å². The Labute approximate surface area is 831 Å². The number of rotatable bonds is 38. The van der Waals surface area contributed by atoms with Crippen molar-refractivity contribution in [2.45, 2.75) is 574 Å². The molecule has 0 radical (unpaired) electrons. The second kappa shape index (κ2) is 64.4. The average molecular weight is 2090 g/mol. The summed E-state index contributed by atoms with van der Waals surface area (Å²) in [4.78, 5) is 0. The van der Waals surface area contributed by atoms with Gasteiger partial charge in [-0.1, -0.05) is 410 Å². The minimum atomic E-state index is -4.12. The standard InChI is InChI=1S/2C12H23F3.3C11H21F3.C10H19F3.C10H22.C9H17F3.2C8H15F3.C7H13F3/c1-7-11(6,12(13,14)15)10(8(2)3)9(4)5;1-6-9-11(5,12(13,14)15)10(4,7-2)8-3;1-7(2)9(8(3)4)10(5,6)11(12,13)14;1-6-9(4,7-2)10(5,8-3)11(12,13)14;1-5-8-10(4,11(12,13)14)9(6-2)7-3;1-5-8(6-2)9(4,7-3)10(11,12)13;1-7-10(6,8-2)9(3,4)5;1-4-6-8(3,7-5-2)9(10,11)12;1-5-7(4,6(2)3)8(9,10)11;1-4-6-7(3,5-2)8(9,10)11;1-4-6(3,5-2)7(8,9)10/h8-10H,7H2,1-6H3;6-9H2,1-5H3;7-9H,1-6H3;6-8H2,1-5H3;9H,5-8H2,1-4H3;8H,5-7H2,1-4H3;7-8H2,1-6H3;4-7H2,1-3H3;6H,5H2,1-4H3;4-6H2,1-3H3;4-5H2,1-3H3. The van der Waals surface area contributed by atoms with Gasteiger partial charge in [0, 0.05) is 0 Å². The van der Waals surface area contributed by atoms with Gasteiger partial charge in [-0.3, -0.25) is 0 Å². The van der Waals surface area contributed by atoms with Crippen molar-refractivity contribution in [1.82, 2.24) is 0 Å². The average Bonchev–Trinajstić information content (AvgIpc) is 0.768. The van der Waals surface area contributed by atoms with Crippen molar-refractivity contribution in [1.29, 1.82) is 0 Å². The van der Waals surface area contributed by atoms with Crippen molar-refractivity contribution < 1.29 is 132 Å². The minimum Gasteiger partial charge on any atom is -0.171 e. The Morgan fingerprint density at radius 3 is 0.475 bits per heavy atom. The molecule has 0 amide bonds. The Morgan fingerprint density at radius 1 is 0.165 bits per heavy atom. The number of hydrogen-bond donors (Lipinski definition) is 0. The summed E-state index contributed by atoms with van der Waals surface area (Å²) < 4.78 is 381. The molecule has 0 aromatic rings. The summed E-state index contributed by atoms with van der Waals surface area (Å²) in [6.07, 6.45) is -28.3. The lowest BCUT2D eigenvalue weighted by Gasteiger charge is -2.47. The van der Waals surface area contributed by atoms with Gasteiger partial charge in [-0.15, -0.1) is 0 Å². The Hall–Kier alpha value is -2.10. The first-order valence-corrected chi connectivity index (χ1v) is 52.0. The van der Waals surface area contributed by atoms with Crippen LogP contribution in [-0.2, 0) is 0 Å². The van der Waals surface area contributed by atoms with E-state index in [2.05, 4.69) is 41.5 Å². The van der Waals surface area contributed by atoms with Crippen LogP contribution in [0.3, 0.4) is 0 Å². The smallest absolute Gasteiger partial charge is 0.171 e. The first-order chi connectivity index (χ1) is 61.4. The van der Waals surface area contributed by atoms with E-state index in [1.54, 1.807) is 96.9 Å². The van der Waals surface area contributed by atoms with Crippen LogP contribution in [0.5, 0.6) is 0 Å². The normalized spacial score (nSPS) is 16.5. The topological polar surface area (TPSA) is 0 Å². The third-order valence-electron chi connectivity index (χ3n) is 34.4. The largest absolute Gasteiger partial charge is 0.394 e. The molecule has 0 aliphatic carbocycles. The van der Waals surface area contributed by atoms with Crippen molar-refractivity contribution in [3.05, 3.63) is 0 Å². The van der Waals surface area contributed by atoms with Gasteiger partial charge in [-0.05, 0) is 178 Å². The number of hydrogen-bond acceptors (Lipinski definition) is 0. The zero-order valence-corrected chi connectivity index (χ0v) is 96.6. The van der Waals surface area contributed by atoms with Gasteiger partial charge < -0.3 is 0 Å². The van der Waals surface area contributed by atoms with E-state index >= 15 is 0 Å². The zero-order valence-electron chi connectivity index (χ0n) is 96.6. The molecule has 0 bridgehead atoms. The molecule has 0 aromatic carbocycles. The van der Waals surface area contributed by atoms with Crippen LogP contribution in [0.25, 0.3) is 0 Å². The van der Waals surface area contributed by atoms with Crippen LogP contribution in [0, 0.1) is 129 Å². The SMILES string of the molecule is CC(C)C(C(C)C)C(C)(C)C(F)(F)F.CCC(C)(C(C(C)C)C(C)C)C(F)(F)F.CCC(C)(C(C)C)C(F)(F)F.CCC(C)(CC)C(C)(C)C.CCC(C)(CC)C(C)(CC)C(F)(F)F.CCC(C)(CC)C(F)(F)F.CCC(CC)C(C)(CC)C(F)(F)F.CCCC(C)(C(CC)CC)C(F)(F)F.CCCC(C)(C(F)(F)F)C(C)(CC)CC.CCCC(C)(CC)C(F)(F)F.CCCC(C)(CCC)C(F)(F)F. The Kier molecular flexibility index (Phi) is 74.0. The van der Waals surface area contributed by atoms with Crippen molar-refractivity contribution in [3.8, 4) is 0 Å². The molecule has 856 valence electrons. The fourth-order valence-electron chi connectivity index (χ4n) is 19.5. The molecular formula is C109H210F30. The van der Waals surface area contributed by atoms with E-state index in [0.29, 0.717) is 94.3 Å². The van der Waals surface area contributed by atoms with Crippen LogP contribution in [0.4, 0.5) is 132 Å². The van der Waals surface area contributed by atoms with Crippen molar-refractivity contribution >= 4 is 0 Å². The molecule has 30 heteroatoms. The third kappa shape index (κ3) is 46.9. The molecule has 0 aliphatic heterocycles. The summed E-state index contributed by atoms with van der Waals surface area (Å²) in [6.45, 7) is 85.0. The minimum absolute atomic E-state index is 0.0478. The highest BCUT2D eigenvalue weighted by atomic mass is 19.4. The molecule has 0 nitrogen and oxygen atoms in total. The van der Waals surface area contributed by atoms with Gasteiger partial charge in [0.25, 0.3) is 0 Å². The van der Waals surface area contributed by atoms with Crippen molar-refractivity contribution in [2.24, 2.45) is 129 Å². The fourth-order valence-corrected chi connectivity index (χ4v) is 19.5. The van der Waals surface area contributed by atoms with E-state index in [1.165, 1.54) is 89.0 Å². The highest BCUT2D eigenvalue weighted by molar-refractivity contribution is 4.99. The van der Waals surface area contributed by atoms with Gasteiger partial charge in [0.15, 0.2) is 0 Å². The van der Waals surface area contributed by atoms with Crippen molar-refractivity contribution in [2.75, 3.05) is 0 Å². The van der Waals surface area contributed by atoms with Gasteiger partial charge >= 0.3 is 61.8 Å². The van der Waals surface area contributed by atoms with Gasteiger partial charge in [-0.25, -0.2) is 0 Å². The molecule has 0 heterocycles. The summed E-state index contributed by atoms with van der Waals surface area (Å²) in [7, 11) is 0. The van der Waals surface area contributed by atoms with E-state index in [9.17, 15) is 132 Å². The lowest BCUT2D eigenvalue weighted by molar-refractivity contribution is -0.261. The zero-order chi connectivity index (χ0) is 115. The molecule has 0 saturated carbocycles. The predicted molar refractivity (Wildman–Crippen MR) is 529 cm³/mol. The quantitative estimate of drug-likeness (QED) is 0.0541. The van der Waals surface area contributed by atoms with Crippen LogP contribution in [0.2, 0.25) is 0 Å². The molecule has 0 spiro atoms. The van der Waals surface area contributed by atoms with E-state index in [0.717, 1.165) is 0 Å². The Morgan fingerprint density at radius 2 is 0.381 bits per heavy atom. The van der Waals surface area contributed by atoms with E-state index in [4.69, 9.17) is 0 Å². The van der Waals surface area contributed by atoms with Crippen LogP contribution in [-0.4, -0.2) is 61.8 Å². The second-order valence-corrected chi connectivity index (χ2v) is 45.2. The summed E-state index contributed by atoms with van der Waals surface area (Å²) >= 11 is 0. The Balaban J connectivity index is -0.000000144. The first-order valence-electron chi connectivity index (χ1n) is 52.0. The number of alkyl halides is 30. The molecule has 0 N–H and O–H groups in total. The second-order valence-electron chi connectivity index (χ2n) is 45.2. The van der Waals surface area contributed by atoms with Crippen molar-refractivity contribution in [3.63, 3.8) is 0 Å². The monoisotopic (exact) mass is 2090 g/mol. The molecule has 0 saturated heterocycles. The van der Waals surface area contributed by atoms with E-state index in [1.807, 2.05) is 125 Å². The molecule has 0 rings (SSSR count). The third-order valence-corrected chi connectivity index (χ3v) is 34.4. The summed E-state index contributed by atoms with van der Waals surface area (Å²) in [6, 6.07) is 0. The highest BCUT2D eigenvalue weighted by Gasteiger charge is 2.63. The maximum Gasteiger partial charge on any atom is 0.394 e. The predicted octanol–water partition coefficient (Wildman–Crippen LogP) is 47.3. The molecule has 0 fully saturated rings. The van der Waals surface area contributed by atoms with Crippen LogP contribution < -0.4 is 0 Å². The fraction of sp³-hybridized carbons (Fsp3) is 1.00. The maximum atomic E-state index is 13.2. The van der Waals surface area contributed by atoms with E-state index in [-0.39, 0.29) is 130 Å². The summed E-state index contributed by atoms with van der Waals surface area (Å²) in [5.41, 5.74) is -15.5. The molecule has 0 aliphatic rings. The molecular weight excluding hydrogens is 1880 g/mol. The lowest BCUT2D eigenvalue weighted by Crippen LogP contribution is -2.48. The molecule has 0 aromatic heterocycles.